The van der Waals surface area contributed by atoms with Crippen molar-refractivity contribution >= 4 is 16.5 Å². The summed E-state index contributed by atoms with van der Waals surface area (Å²) in [5.74, 6) is 0.505. The van der Waals surface area contributed by atoms with E-state index in [-0.39, 0.29) is 11.6 Å². The zero-order valence-corrected chi connectivity index (χ0v) is 13.5. The Hall–Kier alpha value is -1.78. The summed E-state index contributed by atoms with van der Waals surface area (Å²) in [5, 5.41) is 0.906. The molecule has 3 aliphatic rings. The highest BCUT2D eigenvalue weighted by Crippen LogP contribution is 2.52. The maximum absolute atomic E-state index is 13.7. The lowest BCUT2D eigenvalue weighted by molar-refractivity contribution is -0.264. The average molecular weight is 325 g/mol. The lowest BCUT2D eigenvalue weighted by Crippen LogP contribution is -2.38. The Balaban J connectivity index is 1.48. The first-order valence-corrected chi connectivity index (χ1v) is 8.76. The molecule has 0 bridgehead atoms. The normalized spacial score (nSPS) is 28.3. The van der Waals surface area contributed by atoms with Gasteiger partial charge in [0.1, 0.15) is 5.82 Å². The minimum absolute atomic E-state index is 0.210. The van der Waals surface area contributed by atoms with Crippen molar-refractivity contribution in [1.82, 2.24) is 4.98 Å². The summed E-state index contributed by atoms with van der Waals surface area (Å²) >= 11 is 0. The second kappa shape index (κ2) is 5.36. The number of hydrogen-bond donors (Lipinski definition) is 0. The van der Waals surface area contributed by atoms with Crippen LogP contribution in [0.1, 0.15) is 31.2 Å². The molecule has 1 spiro atoms. The molecule has 1 aliphatic heterocycles. The Kier molecular flexibility index (Phi) is 3.25. The number of benzene rings is 1. The van der Waals surface area contributed by atoms with Crippen LogP contribution in [0.15, 0.2) is 36.5 Å². The van der Waals surface area contributed by atoms with Gasteiger partial charge in [-0.1, -0.05) is 6.08 Å². The van der Waals surface area contributed by atoms with Crippen molar-refractivity contribution in [3.63, 3.8) is 0 Å². The maximum Gasteiger partial charge on any atom is 0.169 e. The van der Waals surface area contributed by atoms with E-state index >= 15 is 0 Å². The van der Waals surface area contributed by atoms with Crippen LogP contribution in [-0.2, 0) is 9.47 Å². The monoisotopic (exact) mass is 325 g/mol. The van der Waals surface area contributed by atoms with Crippen molar-refractivity contribution in [2.45, 2.75) is 31.5 Å². The summed E-state index contributed by atoms with van der Waals surface area (Å²) in [4.78, 5) is 4.36. The molecule has 2 heterocycles. The van der Waals surface area contributed by atoms with E-state index < -0.39 is 0 Å². The van der Waals surface area contributed by atoms with Crippen LogP contribution in [0.5, 0.6) is 0 Å². The summed E-state index contributed by atoms with van der Waals surface area (Å²) in [5.41, 5.74) is 3.28. The third kappa shape index (κ3) is 2.28. The van der Waals surface area contributed by atoms with Crippen LogP contribution >= 0.6 is 0 Å². The van der Waals surface area contributed by atoms with Gasteiger partial charge in [-0.2, -0.15) is 0 Å². The molecule has 1 aromatic heterocycles. The number of ether oxygens (including phenoxy) is 2. The standard InChI is InChI=1S/C20H20FNO2/c21-16-2-3-19-18(10-16)17(4-5-22-19)13-8-14-11-20(12-15(14)9-13)23-6-1-7-24-20/h2-5,8,10,14-15H,1,6-7,9,11-12H2/t14-,15+/m0/s1. The predicted molar refractivity (Wildman–Crippen MR) is 89.8 cm³/mol. The molecule has 1 saturated heterocycles. The third-order valence-electron chi connectivity index (χ3n) is 5.69. The first-order valence-electron chi connectivity index (χ1n) is 8.76. The lowest BCUT2D eigenvalue weighted by atomic mass is 9.96. The number of allylic oxidation sites excluding steroid dienone is 2. The Bertz CT molecular complexity index is 825. The molecule has 0 amide bonds. The average Bonchev–Trinajstić information content (AvgIpc) is 3.10. The van der Waals surface area contributed by atoms with Gasteiger partial charge in [-0.25, -0.2) is 4.39 Å². The van der Waals surface area contributed by atoms with Crippen LogP contribution in [0, 0.1) is 17.7 Å². The van der Waals surface area contributed by atoms with Gasteiger partial charge in [0.2, 0.25) is 0 Å². The fourth-order valence-electron chi connectivity index (χ4n) is 4.64. The molecule has 124 valence electrons. The fraction of sp³-hybridized carbons (Fsp3) is 0.450. The highest BCUT2D eigenvalue weighted by atomic mass is 19.1. The third-order valence-corrected chi connectivity index (χ3v) is 5.69. The van der Waals surface area contributed by atoms with Crippen LogP contribution in [0.3, 0.4) is 0 Å². The number of fused-ring (bicyclic) bond motifs is 2. The molecule has 4 heteroatoms. The molecule has 3 nitrogen and oxygen atoms in total. The van der Waals surface area contributed by atoms with E-state index in [1.165, 1.54) is 11.6 Å². The number of hydrogen-bond acceptors (Lipinski definition) is 3. The first kappa shape index (κ1) is 14.6. The van der Waals surface area contributed by atoms with Crippen molar-refractivity contribution in [3.05, 3.63) is 47.9 Å². The molecule has 1 aromatic carbocycles. The van der Waals surface area contributed by atoms with Crippen LogP contribution in [0.2, 0.25) is 0 Å². The van der Waals surface area contributed by atoms with Crippen molar-refractivity contribution in [2.24, 2.45) is 11.8 Å². The number of pyridine rings is 1. The Labute approximate surface area is 140 Å². The predicted octanol–water partition coefficient (Wildman–Crippen LogP) is 4.32. The zero-order chi connectivity index (χ0) is 16.1. The molecule has 2 atom stereocenters. The van der Waals surface area contributed by atoms with Gasteiger partial charge in [0.15, 0.2) is 5.79 Å². The molecule has 0 radical (unpaired) electrons. The van der Waals surface area contributed by atoms with E-state index in [0.29, 0.717) is 11.8 Å². The van der Waals surface area contributed by atoms with E-state index in [4.69, 9.17) is 9.47 Å². The summed E-state index contributed by atoms with van der Waals surface area (Å²) in [6.07, 6.45) is 8.09. The van der Waals surface area contributed by atoms with E-state index in [1.54, 1.807) is 12.1 Å². The molecule has 1 saturated carbocycles. The zero-order valence-electron chi connectivity index (χ0n) is 13.5. The Morgan fingerprint density at radius 3 is 2.83 bits per heavy atom. The van der Waals surface area contributed by atoms with E-state index in [0.717, 1.165) is 55.4 Å². The number of aromatic nitrogens is 1. The van der Waals surface area contributed by atoms with Crippen LogP contribution in [-0.4, -0.2) is 24.0 Å². The fourth-order valence-corrected chi connectivity index (χ4v) is 4.64. The van der Waals surface area contributed by atoms with Gasteiger partial charge in [0.05, 0.1) is 18.7 Å². The second-order valence-electron chi connectivity index (χ2n) is 7.21. The van der Waals surface area contributed by atoms with Gasteiger partial charge in [-0.05, 0) is 60.1 Å². The highest BCUT2D eigenvalue weighted by Gasteiger charge is 2.49. The smallest absolute Gasteiger partial charge is 0.169 e. The lowest BCUT2D eigenvalue weighted by Gasteiger charge is -2.34. The summed E-state index contributed by atoms with van der Waals surface area (Å²) in [6, 6.07) is 6.83. The largest absolute Gasteiger partial charge is 0.350 e. The van der Waals surface area contributed by atoms with E-state index in [9.17, 15) is 4.39 Å². The molecule has 0 unspecified atom stereocenters. The molecule has 5 rings (SSSR count). The topological polar surface area (TPSA) is 31.4 Å². The minimum Gasteiger partial charge on any atom is -0.350 e. The van der Waals surface area contributed by atoms with Gasteiger partial charge in [-0.15, -0.1) is 0 Å². The van der Waals surface area contributed by atoms with Crippen LogP contribution in [0.4, 0.5) is 4.39 Å². The van der Waals surface area contributed by atoms with Crippen molar-refractivity contribution < 1.29 is 13.9 Å². The Morgan fingerprint density at radius 1 is 1.12 bits per heavy atom. The van der Waals surface area contributed by atoms with Crippen molar-refractivity contribution in [2.75, 3.05) is 13.2 Å². The number of rotatable bonds is 1. The highest BCUT2D eigenvalue weighted by molar-refractivity contribution is 5.92. The summed E-state index contributed by atoms with van der Waals surface area (Å²) in [6.45, 7) is 1.62. The maximum atomic E-state index is 13.7. The molecular weight excluding hydrogens is 305 g/mol. The quantitative estimate of drug-likeness (QED) is 0.782. The van der Waals surface area contributed by atoms with Gasteiger partial charge >= 0.3 is 0 Å². The number of halogens is 1. The molecular formula is C20H20FNO2. The minimum atomic E-state index is -0.345. The van der Waals surface area contributed by atoms with Gasteiger partial charge in [-0.3, -0.25) is 4.98 Å². The first-order chi connectivity index (χ1) is 11.7. The number of nitrogens with zero attached hydrogens (tertiary/aromatic N) is 1. The summed E-state index contributed by atoms with van der Waals surface area (Å²) in [7, 11) is 0. The molecule has 2 fully saturated rings. The molecule has 0 N–H and O–H groups in total. The summed E-state index contributed by atoms with van der Waals surface area (Å²) < 4.78 is 25.6. The van der Waals surface area contributed by atoms with E-state index in [1.807, 2.05) is 12.3 Å². The van der Waals surface area contributed by atoms with Crippen molar-refractivity contribution in [1.29, 1.82) is 0 Å². The molecule has 2 aliphatic carbocycles. The second-order valence-corrected chi connectivity index (χ2v) is 7.21. The van der Waals surface area contributed by atoms with Gasteiger partial charge < -0.3 is 9.47 Å². The van der Waals surface area contributed by atoms with Crippen molar-refractivity contribution in [3.8, 4) is 0 Å². The van der Waals surface area contributed by atoms with Crippen LogP contribution < -0.4 is 0 Å². The van der Waals surface area contributed by atoms with Gasteiger partial charge in [0, 0.05) is 24.4 Å². The molecule has 2 aromatic rings. The molecule has 24 heavy (non-hydrogen) atoms. The van der Waals surface area contributed by atoms with E-state index in [2.05, 4.69) is 11.1 Å². The van der Waals surface area contributed by atoms with Gasteiger partial charge in [0.25, 0.3) is 0 Å². The van der Waals surface area contributed by atoms with Crippen LogP contribution in [0.25, 0.3) is 16.5 Å². The Morgan fingerprint density at radius 2 is 2.00 bits per heavy atom. The SMILES string of the molecule is Fc1ccc2nccc(C3=C[C@H]4CC5(C[C@H]4C3)OCCCO5)c2c1.